The average Bonchev–Trinajstić information content (AvgIpc) is 3.33. The minimum absolute atomic E-state index is 0.130. The summed E-state index contributed by atoms with van der Waals surface area (Å²) in [4.78, 5) is 0.330. The van der Waals surface area contributed by atoms with Gasteiger partial charge in [0.15, 0.2) is 0 Å². The van der Waals surface area contributed by atoms with Crippen LogP contribution in [0.2, 0.25) is 0 Å². The highest BCUT2D eigenvalue weighted by atomic mass is 32.2. The van der Waals surface area contributed by atoms with Crippen LogP contribution in [0.1, 0.15) is 38.3 Å². The summed E-state index contributed by atoms with van der Waals surface area (Å²) in [5.74, 6) is 0.552. The Kier molecular flexibility index (Phi) is 3.64. The van der Waals surface area contributed by atoms with Crippen molar-refractivity contribution in [3.8, 4) is 0 Å². The summed E-state index contributed by atoms with van der Waals surface area (Å²) in [7, 11) is -3.41. The van der Waals surface area contributed by atoms with Crippen molar-refractivity contribution in [3.05, 3.63) is 18.0 Å². The first kappa shape index (κ1) is 14.1. The Morgan fingerprint density at radius 2 is 2.05 bits per heavy atom. The minimum Gasteiger partial charge on any atom is -0.390 e. The number of hydrogen-bond donors (Lipinski definition) is 1. The highest BCUT2D eigenvalue weighted by Gasteiger charge is 2.41. The number of aromatic nitrogens is 1. The largest absolute Gasteiger partial charge is 0.390 e. The lowest BCUT2D eigenvalue weighted by Crippen LogP contribution is -2.34. The van der Waals surface area contributed by atoms with Crippen molar-refractivity contribution < 1.29 is 13.5 Å². The first-order chi connectivity index (χ1) is 9.56. The molecule has 0 aliphatic heterocycles. The predicted molar refractivity (Wildman–Crippen MR) is 75.7 cm³/mol. The molecule has 0 bridgehead atoms. The second-order valence-corrected chi connectivity index (χ2v) is 7.75. The van der Waals surface area contributed by atoms with Crippen molar-refractivity contribution in [1.82, 2.24) is 8.87 Å². The molecule has 0 atom stereocenters. The summed E-state index contributed by atoms with van der Waals surface area (Å²) in [5.41, 5.74) is 0.660. The molecule has 0 unspecified atom stereocenters. The fourth-order valence-electron chi connectivity index (χ4n) is 2.59. The zero-order valence-electron chi connectivity index (χ0n) is 11.8. The van der Waals surface area contributed by atoms with Gasteiger partial charge in [0.1, 0.15) is 4.90 Å². The highest BCUT2D eigenvalue weighted by Crippen LogP contribution is 2.38. The number of sulfonamides is 1. The quantitative estimate of drug-likeness (QED) is 0.831. The molecule has 5 nitrogen and oxygen atoms in total. The lowest BCUT2D eigenvalue weighted by atomic mass is 10.4. The Hall–Kier alpha value is -0.850. The van der Waals surface area contributed by atoms with Crippen molar-refractivity contribution in [2.45, 2.75) is 56.7 Å². The Bertz CT molecular complexity index is 564. The van der Waals surface area contributed by atoms with Crippen molar-refractivity contribution >= 4 is 10.0 Å². The van der Waals surface area contributed by atoms with Crippen LogP contribution in [0.3, 0.4) is 0 Å². The van der Waals surface area contributed by atoms with Gasteiger partial charge in [0.2, 0.25) is 10.0 Å². The van der Waals surface area contributed by atoms with E-state index in [1.165, 1.54) is 0 Å². The van der Waals surface area contributed by atoms with Crippen LogP contribution in [-0.4, -0.2) is 35.0 Å². The molecule has 2 aliphatic rings. The molecule has 20 heavy (non-hydrogen) atoms. The third-order valence-corrected chi connectivity index (χ3v) is 6.04. The van der Waals surface area contributed by atoms with E-state index in [1.807, 2.05) is 6.92 Å². The number of hydrogen-bond acceptors (Lipinski definition) is 3. The molecule has 6 heteroatoms. The van der Waals surface area contributed by atoms with E-state index in [-0.39, 0.29) is 12.6 Å². The molecule has 1 aromatic rings. The molecule has 0 aromatic carbocycles. The van der Waals surface area contributed by atoms with Crippen LogP contribution in [0.5, 0.6) is 0 Å². The normalized spacial score (nSPS) is 19.8. The number of aryl methyl sites for hydroxylation is 1. The molecule has 0 saturated heterocycles. The van der Waals surface area contributed by atoms with Crippen LogP contribution >= 0.6 is 0 Å². The molecular weight excluding hydrogens is 276 g/mol. The van der Waals surface area contributed by atoms with Gasteiger partial charge in [0.05, 0.1) is 6.61 Å². The first-order valence-electron chi connectivity index (χ1n) is 7.38. The van der Waals surface area contributed by atoms with Gasteiger partial charge in [-0.3, -0.25) is 0 Å². The molecule has 0 amide bonds. The molecule has 1 N–H and O–H groups in total. The van der Waals surface area contributed by atoms with Gasteiger partial charge in [0.25, 0.3) is 0 Å². The first-order valence-corrected chi connectivity index (χ1v) is 8.82. The smallest absolute Gasteiger partial charge is 0.244 e. The van der Waals surface area contributed by atoms with Crippen LogP contribution in [0, 0.1) is 5.92 Å². The van der Waals surface area contributed by atoms with E-state index in [2.05, 4.69) is 0 Å². The van der Waals surface area contributed by atoms with Gasteiger partial charge in [-0.15, -0.1) is 0 Å². The zero-order chi connectivity index (χ0) is 14.3. The van der Waals surface area contributed by atoms with E-state index in [9.17, 15) is 13.5 Å². The molecule has 3 rings (SSSR count). The van der Waals surface area contributed by atoms with Crippen LogP contribution in [0.15, 0.2) is 17.2 Å². The Morgan fingerprint density at radius 1 is 1.35 bits per heavy atom. The third kappa shape index (κ3) is 2.64. The lowest BCUT2D eigenvalue weighted by Gasteiger charge is -2.20. The van der Waals surface area contributed by atoms with Crippen LogP contribution < -0.4 is 0 Å². The molecule has 0 radical (unpaired) electrons. The monoisotopic (exact) mass is 298 g/mol. The molecule has 1 aromatic heterocycles. The Labute approximate surface area is 120 Å². The van der Waals surface area contributed by atoms with Crippen LogP contribution in [-0.2, 0) is 23.2 Å². The van der Waals surface area contributed by atoms with Crippen molar-refractivity contribution in [3.63, 3.8) is 0 Å². The highest BCUT2D eigenvalue weighted by molar-refractivity contribution is 7.89. The fourth-order valence-corrected chi connectivity index (χ4v) is 4.42. The minimum atomic E-state index is -3.41. The summed E-state index contributed by atoms with van der Waals surface area (Å²) in [6.07, 6.45) is 5.91. The van der Waals surface area contributed by atoms with Crippen LogP contribution in [0.25, 0.3) is 0 Å². The molecule has 112 valence electrons. The number of rotatable bonds is 7. The van der Waals surface area contributed by atoms with Gasteiger partial charge in [-0.2, -0.15) is 4.31 Å². The maximum absolute atomic E-state index is 12.8. The summed E-state index contributed by atoms with van der Waals surface area (Å²) in [6.45, 7) is 3.14. The summed E-state index contributed by atoms with van der Waals surface area (Å²) < 4.78 is 29.1. The topological polar surface area (TPSA) is 62.5 Å². The molecule has 0 spiro atoms. The van der Waals surface area contributed by atoms with E-state index >= 15 is 0 Å². The molecule has 2 saturated carbocycles. The lowest BCUT2D eigenvalue weighted by molar-refractivity contribution is 0.271. The fraction of sp³-hybridized carbons (Fsp3) is 0.714. The zero-order valence-corrected chi connectivity index (χ0v) is 12.6. The van der Waals surface area contributed by atoms with Gasteiger partial charge in [-0.1, -0.05) is 0 Å². The van der Waals surface area contributed by atoms with Crippen LogP contribution in [0.4, 0.5) is 0 Å². The average molecular weight is 298 g/mol. The summed E-state index contributed by atoms with van der Waals surface area (Å²) >= 11 is 0. The van der Waals surface area contributed by atoms with E-state index in [1.54, 1.807) is 21.1 Å². The number of aliphatic hydroxyl groups excluding tert-OH is 1. The van der Waals surface area contributed by atoms with Gasteiger partial charge in [0, 0.05) is 31.0 Å². The van der Waals surface area contributed by atoms with Gasteiger partial charge in [-0.25, -0.2) is 8.42 Å². The molecule has 2 aliphatic carbocycles. The van der Waals surface area contributed by atoms with Gasteiger partial charge < -0.3 is 9.67 Å². The van der Waals surface area contributed by atoms with Gasteiger partial charge in [-0.05, 0) is 44.6 Å². The number of nitrogens with zero attached hydrogens (tertiary/aromatic N) is 2. The third-order valence-electron chi connectivity index (χ3n) is 4.16. The second-order valence-electron chi connectivity index (χ2n) is 5.86. The van der Waals surface area contributed by atoms with E-state index in [0.29, 0.717) is 29.6 Å². The maximum atomic E-state index is 12.8. The van der Waals surface area contributed by atoms with Crippen molar-refractivity contribution in [2.24, 2.45) is 5.92 Å². The van der Waals surface area contributed by atoms with Gasteiger partial charge >= 0.3 is 0 Å². The SMILES string of the molecule is CCn1cc(S(=O)(=O)N(CC2CC2)C2CC2)cc1CO. The standard InChI is InChI=1S/C14H22N2O3S/c1-2-15-9-14(7-13(15)10-17)20(18,19)16(12-5-6-12)8-11-3-4-11/h7,9,11-12,17H,2-6,8,10H2,1H3. The molecule has 1 heterocycles. The van der Waals surface area contributed by atoms with Crippen molar-refractivity contribution in [2.75, 3.05) is 6.54 Å². The molecular formula is C14H22N2O3S. The van der Waals surface area contributed by atoms with E-state index < -0.39 is 10.0 Å². The summed E-state index contributed by atoms with van der Waals surface area (Å²) in [5, 5.41) is 9.31. The Morgan fingerprint density at radius 3 is 2.50 bits per heavy atom. The predicted octanol–water partition coefficient (Wildman–Crippen LogP) is 1.56. The number of aliphatic hydroxyl groups is 1. The van der Waals surface area contributed by atoms with E-state index in [4.69, 9.17) is 0 Å². The molecule has 2 fully saturated rings. The second kappa shape index (κ2) is 5.16. The maximum Gasteiger partial charge on any atom is 0.244 e. The van der Waals surface area contributed by atoms with Crippen molar-refractivity contribution in [1.29, 1.82) is 0 Å². The summed E-state index contributed by atoms with van der Waals surface area (Å²) in [6, 6.07) is 1.81. The van der Waals surface area contributed by atoms with E-state index in [0.717, 1.165) is 25.7 Å². The Balaban J connectivity index is 1.90.